The Bertz CT molecular complexity index is 1350. The van der Waals surface area contributed by atoms with Gasteiger partial charge in [-0.15, -0.1) is 0 Å². The van der Waals surface area contributed by atoms with Gasteiger partial charge in [0.05, 0.1) is 17.7 Å². The molecule has 0 radical (unpaired) electrons. The molecule has 0 aliphatic carbocycles. The Hall–Kier alpha value is -3.89. The molecular weight excluding hydrogens is 606 g/mol. The van der Waals surface area contributed by atoms with Gasteiger partial charge in [-0.2, -0.15) is 26.3 Å². The lowest BCUT2D eigenvalue weighted by Crippen LogP contribution is -2.63. The van der Waals surface area contributed by atoms with Crippen LogP contribution in [0.1, 0.15) is 41.2 Å². The van der Waals surface area contributed by atoms with E-state index < -0.39 is 65.9 Å². The van der Waals surface area contributed by atoms with Crippen molar-refractivity contribution >= 4 is 18.0 Å². The topological polar surface area (TPSA) is 104 Å². The molecule has 0 atom stereocenters. The highest BCUT2D eigenvalue weighted by molar-refractivity contribution is 6.31. The highest BCUT2D eigenvalue weighted by Gasteiger charge is 2.75. The monoisotopic (exact) mass is 632 g/mol. The minimum Gasteiger partial charge on any atom is -0.432 e. The molecule has 2 aromatic carbocycles. The summed E-state index contributed by atoms with van der Waals surface area (Å²) in [6, 6.07) is 8.36. The predicted molar refractivity (Wildman–Crippen MR) is 134 cm³/mol. The lowest BCUT2D eigenvalue weighted by molar-refractivity contribution is -0.294. The van der Waals surface area contributed by atoms with Crippen LogP contribution in [-0.2, 0) is 45.6 Å². The first-order chi connectivity index (χ1) is 20.7. The summed E-state index contributed by atoms with van der Waals surface area (Å²) in [6.45, 7) is 0.116. The maximum Gasteiger partial charge on any atom is 0.422 e. The van der Waals surface area contributed by atoms with Crippen LogP contribution in [-0.4, -0.2) is 79.4 Å². The van der Waals surface area contributed by atoms with E-state index in [-0.39, 0.29) is 50.2 Å². The van der Waals surface area contributed by atoms with E-state index >= 15 is 0 Å². The van der Waals surface area contributed by atoms with Gasteiger partial charge in [0.15, 0.2) is 0 Å². The second-order valence-corrected chi connectivity index (χ2v) is 10.4. The van der Waals surface area contributed by atoms with Crippen molar-refractivity contribution in [2.75, 3.05) is 40.1 Å². The van der Waals surface area contributed by atoms with Gasteiger partial charge in [0.1, 0.15) is 12.8 Å². The molecule has 3 heterocycles. The SMILES string of the molecule is COCN1C(=O)OC2(CCN(CCOC(c3cccc(C(F)(F)F)c3)c3cccc(C(F)(F)F)c3)CC2)C12OC(=O)C(=O)O2. The summed E-state index contributed by atoms with van der Waals surface area (Å²) in [5.41, 5.74) is -3.47. The average molecular weight is 633 g/mol. The molecule has 5 rings (SSSR count). The number of rotatable bonds is 8. The van der Waals surface area contributed by atoms with Crippen molar-refractivity contribution < 1.29 is 64.4 Å². The van der Waals surface area contributed by atoms with Crippen molar-refractivity contribution in [3.63, 3.8) is 0 Å². The molecule has 0 saturated carbocycles. The van der Waals surface area contributed by atoms with Gasteiger partial charge in [-0.25, -0.2) is 19.3 Å². The van der Waals surface area contributed by atoms with Crippen LogP contribution in [0.5, 0.6) is 0 Å². The van der Waals surface area contributed by atoms with Crippen molar-refractivity contribution in [1.29, 1.82) is 0 Å². The van der Waals surface area contributed by atoms with Crippen LogP contribution >= 0.6 is 0 Å². The van der Waals surface area contributed by atoms with Gasteiger partial charge in [-0.1, -0.05) is 24.3 Å². The number of esters is 2. The maximum atomic E-state index is 13.4. The fourth-order valence-corrected chi connectivity index (χ4v) is 5.57. The average Bonchev–Trinajstić information content (AvgIpc) is 3.38. The quantitative estimate of drug-likeness (QED) is 0.237. The number of nitrogens with zero attached hydrogens (tertiary/aromatic N) is 2. The van der Waals surface area contributed by atoms with E-state index in [0.717, 1.165) is 41.3 Å². The first-order valence-electron chi connectivity index (χ1n) is 13.3. The number of carbonyl (C=O) groups is 3. The third kappa shape index (κ3) is 5.80. The number of amides is 1. The smallest absolute Gasteiger partial charge is 0.422 e. The molecule has 10 nitrogen and oxygen atoms in total. The molecule has 3 fully saturated rings. The summed E-state index contributed by atoms with van der Waals surface area (Å²) in [5.74, 6) is -4.75. The van der Waals surface area contributed by atoms with Gasteiger partial charge in [-0.3, -0.25) is 0 Å². The molecule has 1 amide bonds. The first-order valence-corrected chi connectivity index (χ1v) is 13.3. The first kappa shape index (κ1) is 31.5. The molecular formula is C28H26F6N2O8. The van der Waals surface area contributed by atoms with Crippen molar-refractivity contribution in [1.82, 2.24) is 9.80 Å². The molecule has 3 aliphatic rings. The number of carbonyl (C=O) groups excluding carboxylic acids is 3. The van der Waals surface area contributed by atoms with Crippen molar-refractivity contribution in [3.8, 4) is 0 Å². The Morgan fingerprint density at radius 2 is 1.36 bits per heavy atom. The molecule has 44 heavy (non-hydrogen) atoms. The highest BCUT2D eigenvalue weighted by atomic mass is 19.4. The number of hydrogen-bond acceptors (Lipinski definition) is 9. The minimum atomic E-state index is -4.68. The zero-order valence-corrected chi connectivity index (χ0v) is 23.1. The summed E-state index contributed by atoms with van der Waals surface area (Å²) in [5, 5.41) is 0. The number of ether oxygens (including phenoxy) is 5. The zero-order valence-electron chi connectivity index (χ0n) is 23.1. The van der Waals surface area contributed by atoms with Crippen LogP contribution in [0.3, 0.4) is 0 Å². The van der Waals surface area contributed by atoms with Gasteiger partial charge >= 0.3 is 36.3 Å². The third-order valence-electron chi connectivity index (χ3n) is 7.71. The second-order valence-electron chi connectivity index (χ2n) is 10.4. The van der Waals surface area contributed by atoms with Crippen LogP contribution < -0.4 is 0 Å². The Labute approximate surface area is 246 Å². The molecule has 238 valence electrons. The number of likely N-dealkylation sites (tertiary alicyclic amines) is 1. The fourth-order valence-electron chi connectivity index (χ4n) is 5.57. The highest BCUT2D eigenvalue weighted by Crippen LogP contribution is 2.50. The number of fused-ring (bicyclic) bond motifs is 1. The normalized spacial score (nSPS) is 20.0. The van der Waals surface area contributed by atoms with Gasteiger partial charge in [0, 0.05) is 39.6 Å². The largest absolute Gasteiger partial charge is 0.432 e. The van der Waals surface area contributed by atoms with Gasteiger partial charge < -0.3 is 28.6 Å². The number of alkyl halides is 6. The van der Waals surface area contributed by atoms with E-state index in [0.29, 0.717) is 0 Å². The Balaban J connectivity index is 1.31. The molecule has 0 bridgehead atoms. The van der Waals surface area contributed by atoms with Crippen LogP contribution in [0.25, 0.3) is 0 Å². The predicted octanol–water partition coefficient (Wildman–Crippen LogP) is 4.47. The lowest BCUT2D eigenvalue weighted by atomic mass is 9.87. The van der Waals surface area contributed by atoms with Gasteiger partial charge in [-0.05, 0) is 35.4 Å². The van der Waals surface area contributed by atoms with E-state index in [9.17, 15) is 40.7 Å². The van der Waals surface area contributed by atoms with E-state index in [1.165, 1.54) is 19.2 Å². The number of piperidine rings is 1. The van der Waals surface area contributed by atoms with E-state index in [4.69, 9.17) is 23.7 Å². The molecule has 2 aromatic rings. The molecule has 3 aliphatic heterocycles. The van der Waals surface area contributed by atoms with Crippen molar-refractivity contribution in [2.45, 2.75) is 42.8 Å². The number of methoxy groups -OCH3 is 1. The molecule has 3 saturated heterocycles. The lowest BCUT2D eigenvalue weighted by Gasteiger charge is -2.43. The summed E-state index contributed by atoms with van der Waals surface area (Å²) in [4.78, 5) is 39.3. The van der Waals surface area contributed by atoms with E-state index in [2.05, 4.69) is 0 Å². The fraction of sp³-hybridized carbons (Fsp3) is 0.464. The van der Waals surface area contributed by atoms with Crippen LogP contribution in [0, 0.1) is 0 Å². The molecule has 0 unspecified atom stereocenters. The molecule has 16 heteroatoms. The second kappa shape index (κ2) is 11.6. The van der Waals surface area contributed by atoms with Crippen molar-refractivity contribution in [2.24, 2.45) is 0 Å². The molecule has 0 N–H and O–H groups in total. The summed E-state index contributed by atoms with van der Waals surface area (Å²) >= 11 is 0. The minimum absolute atomic E-state index is 0.0136. The third-order valence-corrected chi connectivity index (χ3v) is 7.71. The zero-order chi connectivity index (χ0) is 31.9. The van der Waals surface area contributed by atoms with Gasteiger partial charge in [0.2, 0.25) is 5.60 Å². The Kier molecular flexibility index (Phi) is 8.28. The number of benzene rings is 2. The van der Waals surface area contributed by atoms with E-state index in [1.54, 1.807) is 0 Å². The van der Waals surface area contributed by atoms with Crippen molar-refractivity contribution in [3.05, 3.63) is 70.8 Å². The standard InChI is InChI=1S/C28H26F6N2O8/c1-40-16-36-24(39)44-25(28(36)42-22(37)23(38)43-28)8-10-35(11-9-25)12-13-41-21(17-4-2-6-19(14-17)26(29,30)31)18-5-3-7-20(15-18)27(32,33)34/h2-7,14-15,21H,8-13,16H2,1H3. The Morgan fingerprint density at radius 1 is 0.841 bits per heavy atom. The van der Waals surface area contributed by atoms with E-state index in [1.807, 2.05) is 4.90 Å². The number of halogens is 6. The summed E-state index contributed by atoms with van der Waals surface area (Å²) in [6.07, 6.45) is -11.4. The number of hydrogen-bond donors (Lipinski definition) is 0. The van der Waals surface area contributed by atoms with Gasteiger partial charge in [0.25, 0.3) is 0 Å². The summed E-state index contributed by atoms with van der Waals surface area (Å²) in [7, 11) is 1.28. The van der Waals surface area contributed by atoms with Crippen LogP contribution in [0.4, 0.5) is 31.1 Å². The Morgan fingerprint density at radius 3 is 1.84 bits per heavy atom. The van der Waals surface area contributed by atoms with Crippen LogP contribution in [0.15, 0.2) is 48.5 Å². The summed E-state index contributed by atoms with van der Waals surface area (Å²) < 4.78 is 108. The molecule has 0 aromatic heterocycles. The van der Waals surface area contributed by atoms with Crippen LogP contribution in [0.2, 0.25) is 0 Å². The molecule has 2 spiro atoms. The maximum absolute atomic E-state index is 13.4.